The molecule has 0 aromatic heterocycles. The molecule has 0 spiro atoms. The van der Waals surface area contributed by atoms with Crippen LogP contribution in [0.15, 0.2) is 12.1 Å². The van der Waals surface area contributed by atoms with Gasteiger partial charge in [0.25, 0.3) is 0 Å². The first-order chi connectivity index (χ1) is 9.31. The van der Waals surface area contributed by atoms with Crippen molar-refractivity contribution >= 4 is 40.8 Å². The summed E-state index contributed by atoms with van der Waals surface area (Å²) in [5.74, 6) is -1.61. The Morgan fingerprint density at radius 2 is 1.80 bits per heavy atom. The fourth-order valence-corrected chi connectivity index (χ4v) is 4.06. The van der Waals surface area contributed by atoms with Gasteiger partial charge in [-0.2, -0.15) is 0 Å². The first-order valence-electron chi connectivity index (χ1n) is 6.36. The van der Waals surface area contributed by atoms with E-state index in [0.717, 1.165) is 0 Å². The molecule has 1 fully saturated rings. The Balaban J connectivity index is 2.36. The van der Waals surface area contributed by atoms with E-state index >= 15 is 0 Å². The molecular formula is C14H15Cl3O3. The first-order valence-corrected chi connectivity index (χ1v) is 7.50. The number of rotatable bonds is 3. The Kier molecular flexibility index (Phi) is 4.85. The Bertz CT molecular complexity index is 509. The van der Waals surface area contributed by atoms with Crippen molar-refractivity contribution in [3.63, 3.8) is 0 Å². The summed E-state index contributed by atoms with van der Waals surface area (Å²) < 4.78 is 0. The zero-order valence-electron chi connectivity index (χ0n) is 10.8. The molecule has 0 heterocycles. The molecule has 4 atom stereocenters. The number of carboxylic acid groups (broad SMARTS) is 1. The van der Waals surface area contributed by atoms with Gasteiger partial charge in [-0.25, -0.2) is 0 Å². The van der Waals surface area contributed by atoms with E-state index in [1.54, 1.807) is 0 Å². The van der Waals surface area contributed by atoms with Gasteiger partial charge < -0.3 is 10.2 Å². The molecule has 2 N–H and O–H groups in total. The number of carboxylic acids is 1. The van der Waals surface area contributed by atoms with Crippen molar-refractivity contribution in [2.45, 2.75) is 25.9 Å². The monoisotopic (exact) mass is 336 g/mol. The minimum Gasteiger partial charge on any atom is -0.481 e. The molecule has 1 aliphatic rings. The van der Waals surface area contributed by atoms with Crippen LogP contribution in [0.3, 0.4) is 0 Å². The maximum absolute atomic E-state index is 11.3. The molecule has 0 radical (unpaired) electrons. The molecule has 6 heteroatoms. The van der Waals surface area contributed by atoms with Crippen molar-refractivity contribution in [1.82, 2.24) is 0 Å². The summed E-state index contributed by atoms with van der Waals surface area (Å²) in [5, 5.41) is 20.7. The minimum absolute atomic E-state index is 0.251. The number of aliphatic hydroxyl groups is 1. The smallest absolute Gasteiger partial charge is 0.306 e. The Labute approximate surface area is 132 Å². The average Bonchev–Trinajstić information content (AvgIpc) is 2.70. The van der Waals surface area contributed by atoms with Crippen LogP contribution in [-0.4, -0.2) is 16.2 Å². The SMILES string of the molecule is CC1CC(C(=O)O)C(C(O)c2c(Cl)cc(Cl)cc2Cl)C1. The summed E-state index contributed by atoms with van der Waals surface area (Å²) in [7, 11) is 0. The van der Waals surface area contributed by atoms with Crippen LogP contribution in [0.5, 0.6) is 0 Å². The van der Waals surface area contributed by atoms with Crippen molar-refractivity contribution in [3.8, 4) is 0 Å². The number of benzene rings is 1. The topological polar surface area (TPSA) is 57.5 Å². The van der Waals surface area contributed by atoms with E-state index in [1.807, 2.05) is 6.92 Å². The fourth-order valence-electron chi connectivity index (χ4n) is 3.02. The molecule has 2 rings (SSSR count). The molecule has 3 nitrogen and oxygen atoms in total. The van der Waals surface area contributed by atoms with Gasteiger partial charge in [-0.05, 0) is 30.9 Å². The molecule has 110 valence electrons. The highest BCUT2D eigenvalue weighted by Crippen LogP contribution is 2.46. The van der Waals surface area contributed by atoms with Gasteiger partial charge >= 0.3 is 5.97 Å². The molecule has 1 aliphatic carbocycles. The van der Waals surface area contributed by atoms with E-state index in [1.165, 1.54) is 12.1 Å². The van der Waals surface area contributed by atoms with Crippen LogP contribution in [0.4, 0.5) is 0 Å². The van der Waals surface area contributed by atoms with E-state index < -0.39 is 23.9 Å². The second kappa shape index (κ2) is 6.10. The van der Waals surface area contributed by atoms with Crippen molar-refractivity contribution in [2.75, 3.05) is 0 Å². The van der Waals surface area contributed by atoms with Crippen LogP contribution in [0.25, 0.3) is 0 Å². The Morgan fingerprint density at radius 1 is 1.25 bits per heavy atom. The number of aliphatic carboxylic acids is 1. The van der Waals surface area contributed by atoms with Crippen LogP contribution in [-0.2, 0) is 4.79 Å². The maximum atomic E-state index is 11.3. The lowest BCUT2D eigenvalue weighted by Crippen LogP contribution is -2.24. The minimum atomic E-state index is -1.00. The van der Waals surface area contributed by atoms with Crippen molar-refractivity contribution < 1.29 is 15.0 Å². The second-order valence-electron chi connectivity index (χ2n) is 5.41. The van der Waals surface area contributed by atoms with Gasteiger partial charge in [-0.15, -0.1) is 0 Å². The zero-order valence-corrected chi connectivity index (χ0v) is 13.1. The molecule has 0 bridgehead atoms. The van der Waals surface area contributed by atoms with Crippen LogP contribution in [0.2, 0.25) is 15.1 Å². The third kappa shape index (κ3) is 3.06. The van der Waals surface area contributed by atoms with Gasteiger partial charge in [-0.1, -0.05) is 41.7 Å². The maximum Gasteiger partial charge on any atom is 0.306 e. The number of carbonyl (C=O) groups is 1. The van der Waals surface area contributed by atoms with E-state index in [9.17, 15) is 15.0 Å². The summed E-state index contributed by atoms with van der Waals surface area (Å²) >= 11 is 18.0. The van der Waals surface area contributed by atoms with Crippen LogP contribution in [0, 0.1) is 17.8 Å². The predicted molar refractivity (Wildman–Crippen MR) is 79.4 cm³/mol. The zero-order chi connectivity index (χ0) is 15.0. The number of hydrogen-bond acceptors (Lipinski definition) is 2. The van der Waals surface area contributed by atoms with Gasteiger partial charge in [0.2, 0.25) is 0 Å². The van der Waals surface area contributed by atoms with Crippen LogP contribution < -0.4 is 0 Å². The molecule has 0 aliphatic heterocycles. The molecule has 1 aromatic rings. The highest BCUT2D eigenvalue weighted by Gasteiger charge is 2.42. The number of aliphatic hydroxyl groups excluding tert-OH is 1. The summed E-state index contributed by atoms with van der Waals surface area (Å²) in [6, 6.07) is 3.00. The summed E-state index contributed by atoms with van der Waals surface area (Å²) in [6.45, 7) is 1.98. The molecule has 0 saturated heterocycles. The lowest BCUT2D eigenvalue weighted by Gasteiger charge is -2.24. The fraction of sp³-hybridized carbons (Fsp3) is 0.500. The van der Waals surface area contributed by atoms with Gasteiger partial charge in [0.1, 0.15) is 0 Å². The summed E-state index contributed by atoms with van der Waals surface area (Å²) in [6.07, 6.45) is 0.186. The van der Waals surface area contributed by atoms with Gasteiger partial charge in [-0.3, -0.25) is 4.79 Å². The van der Waals surface area contributed by atoms with E-state index in [-0.39, 0.29) is 16.0 Å². The van der Waals surface area contributed by atoms with Gasteiger partial charge in [0, 0.05) is 26.5 Å². The summed E-state index contributed by atoms with van der Waals surface area (Å²) in [4.78, 5) is 11.3. The Morgan fingerprint density at radius 3 is 2.30 bits per heavy atom. The van der Waals surface area contributed by atoms with Crippen molar-refractivity contribution in [2.24, 2.45) is 17.8 Å². The molecular weight excluding hydrogens is 323 g/mol. The number of hydrogen-bond donors (Lipinski definition) is 2. The lowest BCUT2D eigenvalue weighted by molar-refractivity contribution is -0.144. The lowest BCUT2D eigenvalue weighted by atomic mass is 9.87. The third-order valence-electron chi connectivity index (χ3n) is 3.91. The highest BCUT2D eigenvalue weighted by molar-refractivity contribution is 6.39. The third-order valence-corrected chi connectivity index (χ3v) is 4.75. The second-order valence-corrected chi connectivity index (χ2v) is 6.66. The molecule has 20 heavy (non-hydrogen) atoms. The largest absolute Gasteiger partial charge is 0.481 e. The van der Waals surface area contributed by atoms with Gasteiger partial charge in [0.05, 0.1) is 12.0 Å². The van der Waals surface area contributed by atoms with E-state index in [2.05, 4.69) is 0 Å². The Hall–Kier alpha value is -0.480. The highest BCUT2D eigenvalue weighted by atomic mass is 35.5. The van der Waals surface area contributed by atoms with Gasteiger partial charge in [0.15, 0.2) is 0 Å². The number of halogens is 3. The molecule has 0 amide bonds. The molecule has 1 aromatic carbocycles. The quantitative estimate of drug-likeness (QED) is 0.858. The van der Waals surface area contributed by atoms with Crippen molar-refractivity contribution in [3.05, 3.63) is 32.8 Å². The van der Waals surface area contributed by atoms with Crippen LogP contribution in [0.1, 0.15) is 31.4 Å². The summed E-state index contributed by atoms with van der Waals surface area (Å²) in [5.41, 5.74) is 0.364. The normalized spacial score (nSPS) is 27.6. The van der Waals surface area contributed by atoms with Crippen molar-refractivity contribution in [1.29, 1.82) is 0 Å². The van der Waals surface area contributed by atoms with E-state index in [4.69, 9.17) is 34.8 Å². The van der Waals surface area contributed by atoms with Crippen LogP contribution >= 0.6 is 34.8 Å². The predicted octanol–water partition coefficient (Wildman–Crippen LogP) is 4.43. The first kappa shape index (κ1) is 15.9. The van der Waals surface area contributed by atoms with E-state index in [0.29, 0.717) is 23.4 Å². The molecule has 4 unspecified atom stereocenters. The average molecular weight is 338 g/mol. The standard InChI is InChI=1S/C14H15Cl3O3/c1-6-2-8(9(3-6)14(19)20)13(18)12-10(16)4-7(15)5-11(12)17/h4-6,8-9,13,18H,2-3H2,1H3,(H,19,20). The molecule has 1 saturated carbocycles.